The molecule has 9 nitrogen and oxygen atoms in total. The fraction of sp³-hybridized carbons (Fsp3) is 0.0137. The zero-order valence-corrected chi connectivity index (χ0v) is 44.8. The van der Waals surface area contributed by atoms with E-state index in [1.165, 1.54) is 9.79 Å². The van der Waals surface area contributed by atoms with Gasteiger partial charge in [-0.2, -0.15) is 5.26 Å². The molecule has 384 valence electrons. The Balaban J connectivity index is 0.958. The van der Waals surface area contributed by atoms with Crippen molar-refractivity contribution in [1.82, 2.24) is 23.7 Å². The number of benzene rings is 10. The number of hydrogen-bond donors (Lipinski definition) is 0. The van der Waals surface area contributed by atoms with E-state index < -0.39 is 5.41 Å². The number of rotatable bonds is 4. The van der Waals surface area contributed by atoms with E-state index in [4.69, 9.17) is 21.3 Å². The molecule has 1 aliphatic carbocycles. The Labute approximate surface area is 479 Å². The van der Waals surface area contributed by atoms with Gasteiger partial charge in [-0.1, -0.05) is 127 Å². The molecule has 0 amide bonds. The van der Waals surface area contributed by atoms with E-state index in [2.05, 4.69) is 236 Å². The first-order chi connectivity index (χ1) is 41.0. The van der Waals surface area contributed by atoms with Gasteiger partial charge in [-0.25, -0.2) is 4.85 Å². The van der Waals surface area contributed by atoms with E-state index >= 15 is 0 Å². The van der Waals surface area contributed by atoms with Crippen LogP contribution >= 0.6 is 11.8 Å². The van der Waals surface area contributed by atoms with Gasteiger partial charge in [0.05, 0.1) is 103 Å². The van der Waals surface area contributed by atoms with Crippen LogP contribution in [0.1, 0.15) is 27.8 Å². The minimum atomic E-state index is -1.05. The van der Waals surface area contributed by atoms with Crippen LogP contribution in [0.15, 0.2) is 253 Å². The highest BCUT2D eigenvalue weighted by Crippen LogP contribution is 2.63. The highest BCUT2D eigenvalue weighted by molar-refractivity contribution is 7.99. The van der Waals surface area contributed by atoms with Crippen LogP contribution in [0.4, 0.5) is 22.7 Å². The number of hydrogen-bond acceptors (Lipinski definition) is 6. The summed E-state index contributed by atoms with van der Waals surface area (Å²) in [4.78, 5) is 19.7. The van der Waals surface area contributed by atoms with Gasteiger partial charge in [-0.3, -0.25) is 9.97 Å². The lowest BCUT2D eigenvalue weighted by Crippen LogP contribution is -2.33. The van der Waals surface area contributed by atoms with Crippen LogP contribution in [-0.2, 0) is 5.41 Å². The Bertz CT molecular complexity index is 5380. The summed E-state index contributed by atoms with van der Waals surface area (Å²) in [5.41, 5.74) is 17.6. The Kier molecular flexibility index (Phi) is 9.32. The summed E-state index contributed by atoms with van der Waals surface area (Å²) < 4.78 is 14.5. The Morgan fingerprint density at radius 3 is 1.41 bits per heavy atom. The van der Waals surface area contributed by atoms with Crippen LogP contribution in [0.2, 0.25) is 0 Å². The quantitative estimate of drug-likeness (QED) is 0.163. The van der Waals surface area contributed by atoms with Crippen molar-refractivity contribution >= 4 is 99.9 Å². The van der Waals surface area contributed by atoms with Crippen molar-refractivity contribution in [3.63, 3.8) is 0 Å². The van der Waals surface area contributed by atoms with Gasteiger partial charge in [-0.05, 0) is 109 Å². The molecule has 10 heteroatoms. The van der Waals surface area contributed by atoms with Crippen LogP contribution in [0.3, 0.4) is 0 Å². The maximum atomic E-state index is 10.1. The molecular formula is C73H40N8OS. The van der Waals surface area contributed by atoms with Crippen LogP contribution < -0.4 is 9.64 Å². The van der Waals surface area contributed by atoms with Crippen molar-refractivity contribution in [2.75, 3.05) is 4.90 Å². The van der Waals surface area contributed by atoms with Crippen LogP contribution in [0.5, 0.6) is 11.5 Å². The summed E-state index contributed by atoms with van der Waals surface area (Å²) in [6.07, 6.45) is 3.99. The summed E-state index contributed by atoms with van der Waals surface area (Å²) >= 11 is 1.79. The number of ether oxygens (including phenoxy) is 1. The average Bonchev–Trinajstić information content (AvgIpc) is 3.41. The van der Waals surface area contributed by atoms with Gasteiger partial charge in [0.2, 0.25) is 0 Å². The zero-order chi connectivity index (χ0) is 54.7. The van der Waals surface area contributed by atoms with Crippen molar-refractivity contribution < 1.29 is 4.74 Å². The SMILES string of the molecule is [C-]#[N+]c1ccc2c(c1)c1ccccc1n2-c1cnc2c(c1)C1(c3ccc(N4c5ccccc5Sc5ccccc54)cc3Oc3cc(-n4c5ccccc5c5cc(C#N)ccc54)ccc31)c1cc(-n3c4ccccc4c4ccccc43)cnc1-2. The summed E-state index contributed by atoms with van der Waals surface area (Å²) in [6.45, 7) is 7.97. The molecule has 18 rings (SSSR count). The molecule has 0 fully saturated rings. The molecular weight excluding hydrogens is 1040 g/mol. The molecule has 3 aliphatic rings. The van der Waals surface area contributed by atoms with Gasteiger partial charge in [0.25, 0.3) is 0 Å². The molecule has 0 bridgehead atoms. The van der Waals surface area contributed by atoms with Crippen molar-refractivity contribution in [3.05, 3.63) is 282 Å². The van der Waals surface area contributed by atoms with Crippen molar-refractivity contribution in [1.29, 1.82) is 5.26 Å². The molecule has 0 radical (unpaired) electrons. The second-order valence-electron chi connectivity index (χ2n) is 21.5. The molecule has 7 heterocycles. The van der Waals surface area contributed by atoms with Crippen LogP contribution in [0, 0.1) is 17.9 Å². The fourth-order valence-electron chi connectivity index (χ4n) is 14.0. The molecule has 10 aromatic carbocycles. The topological polar surface area (TPSA) is 81.2 Å². The van der Waals surface area contributed by atoms with Crippen molar-refractivity contribution in [2.24, 2.45) is 0 Å². The summed E-state index contributed by atoms with van der Waals surface area (Å²) in [5, 5.41) is 16.5. The Hall–Kier alpha value is -11.2. The first-order valence-corrected chi connectivity index (χ1v) is 28.3. The van der Waals surface area contributed by atoms with Gasteiger partial charge >= 0.3 is 0 Å². The molecule has 5 aromatic heterocycles. The van der Waals surface area contributed by atoms with E-state index in [1.54, 1.807) is 11.8 Å². The van der Waals surface area contributed by atoms with E-state index in [0.29, 0.717) is 22.7 Å². The number of nitrogens with zero attached hydrogens (tertiary/aromatic N) is 8. The molecule has 2 aliphatic heterocycles. The van der Waals surface area contributed by atoms with Crippen molar-refractivity contribution in [2.45, 2.75) is 15.2 Å². The molecule has 1 atom stereocenters. The largest absolute Gasteiger partial charge is 0.457 e. The first-order valence-electron chi connectivity index (χ1n) is 27.5. The molecule has 83 heavy (non-hydrogen) atoms. The standard InChI is InChI=1S/C73H40N8OS/c1-75-44-27-33-64-54(35-44)52-17-5-9-21-62(52)81(64)48-37-58-72(77-42-48)71-57(36-47(41-76-71)80-59-18-6-2-14-49(59)50-15-3-7-19-60(50)80)73(58)55-30-28-45(78-61-20-8-4-16-51(61)53-34-43(40-74)26-32-63(53)78)38-67(55)82-68-39-46(29-31-56(68)73)79-65-22-10-12-24-69(65)83-70-25-13-11-23-66(70)79/h2-39,41-42H. The smallest absolute Gasteiger partial charge is 0.188 e. The van der Waals surface area contributed by atoms with Crippen molar-refractivity contribution in [3.8, 4) is 46.0 Å². The Morgan fingerprint density at radius 2 is 0.867 bits per heavy atom. The predicted molar refractivity (Wildman–Crippen MR) is 332 cm³/mol. The lowest BCUT2D eigenvalue weighted by Gasteiger charge is -2.40. The normalized spacial score (nSPS) is 14.6. The molecule has 1 unspecified atom stereocenters. The predicted octanol–water partition coefficient (Wildman–Crippen LogP) is 18.6. The van der Waals surface area contributed by atoms with Crippen LogP contribution in [0.25, 0.3) is 98.7 Å². The van der Waals surface area contributed by atoms with E-state index in [1.807, 2.05) is 36.7 Å². The highest BCUT2D eigenvalue weighted by atomic mass is 32.2. The maximum Gasteiger partial charge on any atom is 0.188 e. The molecule has 15 aromatic rings. The molecule has 1 spiro atoms. The average molecular weight is 1080 g/mol. The highest BCUT2D eigenvalue weighted by Gasteiger charge is 2.53. The second kappa shape index (κ2) is 16.9. The lowest BCUT2D eigenvalue weighted by molar-refractivity contribution is 0.436. The minimum absolute atomic E-state index is 0.587. The van der Waals surface area contributed by atoms with E-state index in [-0.39, 0.29) is 0 Å². The fourth-order valence-corrected chi connectivity index (χ4v) is 15.0. The monoisotopic (exact) mass is 1080 g/mol. The van der Waals surface area contributed by atoms with Gasteiger partial charge in [0.15, 0.2) is 5.69 Å². The van der Waals surface area contributed by atoms with Gasteiger partial charge in [-0.15, -0.1) is 0 Å². The second-order valence-corrected chi connectivity index (χ2v) is 22.6. The first kappa shape index (κ1) is 45.7. The van der Waals surface area contributed by atoms with Gasteiger partial charge < -0.3 is 23.3 Å². The summed E-state index contributed by atoms with van der Waals surface area (Å²) in [5.74, 6) is 1.40. The lowest BCUT2D eigenvalue weighted by atomic mass is 9.66. The summed E-state index contributed by atoms with van der Waals surface area (Å²) in [7, 11) is 0. The third-order valence-electron chi connectivity index (χ3n) is 17.4. The zero-order valence-electron chi connectivity index (χ0n) is 44.0. The number of nitriles is 1. The van der Waals surface area contributed by atoms with E-state index in [0.717, 1.165) is 133 Å². The summed E-state index contributed by atoms with van der Waals surface area (Å²) in [6, 6.07) is 83.6. The van der Waals surface area contributed by atoms with Gasteiger partial charge in [0, 0.05) is 82.5 Å². The maximum absolute atomic E-state index is 10.1. The minimum Gasteiger partial charge on any atom is -0.457 e. The molecule has 0 saturated carbocycles. The third-order valence-corrected chi connectivity index (χ3v) is 18.5. The third kappa shape index (κ3) is 6.19. The number of anilines is 3. The Morgan fingerprint density at radius 1 is 0.422 bits per heavy atom. The number of pyridine rings is 2. The van der Waals surface area contributed by atoms with E-state index in [9.17, 15) is 5.26 Å². The number of aromatic nitrogens is 5. The number of para-hydroxylation sites is 6. The molecule has 0 N–H and O–H groups in total. The van der Waals surface area contributed by atoms with Gasteiger partial charge in [0.1, 0.15) is 11.5 Å². The van der Waals surface area contributed by atoms with Crippen LogP contribution in [-0.4, -0.2) is 23.7 Å². The number of fused-ring (bicyclic) bond motifs is 20. The molecule has 0 saturated heterocycles.